The lowest BCUT2D eigenvalue weighted by atomic mass is 9.66. The third-order valence-electron chi connectivity index (χ3n) is 6.19. The topological polar surface area (TPSA) is 35.5 Å². The van der Waals surface area contributed by atoms with E-state index in [-0.39, 0.29) is 23.4 Å². The standard InChI is InChI=1S/C29H34O3Si/c1-5-31-26(30)19-21(2)24-17-12-18-25(20-24)28(32-33)29(3,4)27(22-13-8-6-9-14-22)23-15-10-7-11-16-23/h6-20,27-28H,5H2,1-4,33H3. The van der Waals surface area contributed by atoms with Crippen molar-refractivity contribution in [3.8, 4) is 0 Å². The van der Waals surface area contributed by atoms with Crippen molar-refractivity contribution in [2.75, 3.05) is 6.61 Å². The van der Waals surface area contributed by atoms with Crippen molar-refractivity contribution in [1.29, 1.82) is 0 Å². The van der Waals surface area contributed by atoms with Gasteiger partial charge in [0.05, 0.1) is 12.7 Å². The van der Waals surface area contributed by atoms with E-state index in [9.17, 15) is 4.79 Å². The van der Waals surface area contributed by atoms with Crippen LogP contribution >= 0.6 is 0 Å². The number of esters is 1. The number of carbonyl (C=O) groups excluding carboxylic acids is 1. The maximum absolute atomic E-state index is 11.9. The number of allylic oxidation sites excluding steroid dienone is 1. The molecule has 0 radical (unpaired) electrons. The Kier molecular flexibility index (Phi) is 8.42. The Balaban J connectivity index is 2.04. The van der Waals surface area contributed by atoms with E-state index in [1.807, 2.05) is 26.0 Å². The van der Waals surface area contributed by atoms with Gasteiger partial charge in [0.15, 0.2) is 0 Å². The number of benzene rings is 3. The molecule has 0 fully saturated rings. The van der Waals surface area contributed by atoms with Crippen LogP contribution in [0.4, 0.5) is 0 Å². The second-order valence-electron chi connectivity index (χ2n) is 8.90. The second kappa shape index (κ2) is 11.3. The summed E-state index contributed by atoms with van der Waals surface area (Å²) < 4.78 is 11.4. The highest BCUT2D eigenvalue weighted by Crippen LogP contribution is 2.50. The predicted octanol–water partition coefficient (Wildman–Crippen LogP) is 5.85. The fourth-order valence-electron chi connectivity index (χ4n) is 4.75. The average molecular weight is 459 g/mol. The molecule has 3 nitrogen and oxygen atoms in total. The first kappa shape index (κ1) is 24.7. The van der Waals surface area contributed by atoms with Crippen LogP contribution in [-0.4, -0.2) is 23.1 Å². The van der Waals surface area contributed by atoms with Crippen LogP contribution in [0.5, 0.6) is 0 Å². The molecule has 0 heterocycles. The fraction of sp³-hybridized carbons (Fsp3) is 0.276. The van der Waals surface area contributed by atoms with Gasteiger partial charge in [0, 0.05) is 17.4 Å². The molecule has 0 aliphatic heterocycles. The minimum atomic E-state index is -0.315. The number of carbonyl (C=O) groups is 1. The van der Waals surface area contributed by atoms with Crippen molar-refractivity contribution in [2.45, 2.75) is 39.7 Å². The molecule has 1 unspecified atom stereocenters. The lowest BCUT2D eigenvalue weighted by Crippen LogP contribution is -2.32. The van der Waals surface area contributed by atoms with E-state index in [0.717, 1.165) is 16.7 Å². The Labute approximate surface area is 201 Å². The Morgan fingerprint density at radius 3 is 1.97 bits per heavy atom. The molecule has 0 saturated carbocycles. The highest BCUT2D eigenvalue weighted by atomic mass is 28.2. The minimum Gasteiger partial charge on any atom is -0.463 e. The van der Waals surface area contributed by atoms with E-state index in [0.29, 0.717) is 17.1 Å². The quantitative estimate of drug-likeness (QED) is 0.229. The molecule has 172 valence electrons. The average Bonchev–Trinajstić information content (AvgIpc) is 2.81. The second-order valence-corrected chi connectivity index (χ2v) is 9.37. The number of hydrogen-bond acceptors (Lipinski definition) is 3. The van der Waals surface area contributed by atoms with Gasteiger partial charge in [0.25, 0.3) is 0 Å². The Hall–Kier alpha value is -2.95. The van der Waals surface area contributed by atoms with Gasteiger partial charge in [-0.15, -0.1) is 0 Å². The summed E-state index contributed by atoms with van der Waals surface area (Å²) in [5.41, 5.74) is 5.29. The number of rotatable bonds is 9. The molecule has 0 aliphatic carbocycles. The summed E-state index contributed by atoms with van der Waals surface area (Å²) in [4.78, 5) is 11.9. The molecule has 0 aliphatic rings. The zero-order valence-corrected chi connectivity index (χ0v) is 22.2. The molecule has 3 rings (SSSR count). The molecule has 33 heavy (non-hydrogen) atoms. The van der Waals surface area contributed by atoms with Crippen LogP contribution in [-0.2, 0) is 14.0 Å². The molecule has 3 aromatic rings. The van der Waals surface area contributed by atoms with Gasteiger partial charge in [0.2, 0.25) is 0 Å². The first-order valence-electron chi connectivity index (χ1n) is 11.5. The molecule has 0 saturated heterocycles. The normalized spacial score (nSPS) is 13.2. The Bertz CT molecular complexity index is 1030. The van der Waals surface area contributed by atoms with Crippen molar-refractivity contribution < 1.29 is 14.0 Å². The van der Waals surface area contributed by atoms with Crippen LogP contribution in [0.3, 0.4) is 0 Å². The van der Waals surface area contributed by atoms with Crippen molar-refractivity contribution in [3.63, 3.8) is 0 Å². The molecule has 4 heteroatoms. The molecule has 0 N–H and O–H groups in total. The maximum Gasteiger partial charge on any atom is 0.331 e. The lowest BCUT2D eigenvalue weighted by molar-refractivity contribution is -0.137. The van der Waals surface area contributed by atoms with Crippen molar-refractivity contribution in [1.82, 2.24) is 0 Å². The van der Waals surface area contributed by atoms with Crippen molar-refractivity contribution in [3.05, 3.63) is 113 Å². The van der Waals surface area contributed by atoms with Gasteiger partial charge in [-0.25, -0.2) is 4.79 Å². The number of ether oxygens (including phenoxy) is 1. The lowest BCUT2D eigenvalue weighted by Gasteiger charge is -2.42. The fourth-order valence-corrected chi connectivity index (χ4v) is 5.63. The molecular formula is C29H34O3Si. The third-order valence-corrected chi connectivity index (χ3v) is 6.66. The van der Waals surface area contributed by atoms with Crippen molar-refractivity contribution >= 4 is 22.0 Å². The maximum atomic E-state index is 11.9. The molecule has 0 amide bonds. The van der Waals surface area contributed by atoms with Gasteiger partial charge in [-0.05, 0) is 47.7 Å². The highest BCUT2D eigenvalue weighted by molar-refractivity contribution is 5.98. The van der Waals surface area contributed by atoms with E-state index < -0.39 is 0 Å². The molecule has 1 atom stereocenters. The Morgan fingerprint density at radius 1 is 0.909 bits per heavy atom. The van der Waals surface area contributed by atoms with Gasteiger partial charge in [0.1, 0.15) is 10.5 Å². The Morgan fingerprint density at radius 2 is 1.45 bits per heavy atom. The van der Waals surface area contributed by atoms with Crippen LogP contribution in [0, 0.1) is 5.41 Å². The van der Waals surface area contributed by atoms with Crippen LogP contribution in [0.25, 0.3) is 5.57 Å². The molecule has 0 spiro atoms. The van der Waals surface area contributed by atoms with Gasteiger partial charge in [-0.3, -0.25) is 0 Å². The summed E-state index contributed by atoms with van der Waals surface area (Å²) in [6, 6.07) is 29.6. The van der Waals surface area contributed by atoms with Crippen LogP contribution < -0.4 is 0 Å². The van der Waals surface area contributed by atoms with Crippen LogP contribution in [0.1, 0.15) is 62.0 Å². The van der Waals surface area contributed by atoms with E-state index in [1.54, 1.807) is 6.08 Å². The first-order chi connectivity index (χ1) is 15.9. The highest BCUT2D eigenvalue weighted by Gasteiger charge is 2.40. The van der Waals surface area contributed by atoms with Crippen LogP contribution in [0.2, 0.25) is 0 Å². The van der Waals surface area contributed by atoms with Gasteiger partial charge in [-0.2, -0.15) is 0 Å². The summed E-state index contributed by atoms with van der Waals surface area (Å²) in [7, 11) is 0.613. The van der Waals surface area contributed by atoms with E-state index in [4.69, 9.17) is 9.16 Å². The minimum absolute atomic E-state index is 0.107. The van der Waals surface area contributed by atoms with Gasteiger partial charge < -0.3 is 9.16 Å². The zero-order chi connectivity index (χ0) is 23.8. The van der Waals surface area contributed by atoms with Gasteiger partial charge >= 0.3 is 5.97 Å². The van der Waals surface area contributed by atoms with Gasteiger partial charge in [-0.1, -0.05) is 92.7 Å². The van der Waals surface area contributed by atoms with E-state index in [2.05, 4.69) is 86.6 Å². The summed E-state index contributed by atoms with van der Waals surface area (Å²) >= 11 is 0. The molecule has 0 aromatic heterocycles. The first-order valence-corrected chi connectivity index (χ1v) is 12.3. The molecular weight excluding hydrogens is 424 g/mol. The number of hydrogen-bond donors (Lipinski definition) is 0. The summed E-state index contributed by atoms with van der Waals surface area (Å²) in [5, 5.41) is 0. The summed E-state index contributed by atoms with van der Waals surface area (Å²) in [5.74, 6) is -0.164. The zero-order valence-electron chi connectivity index (χ0n) is 20.2. The third kappa shape index (κ3) is 5.89. The largest absolute Gasteiger partial charge is 0.463 e. The predicted molar refractivity (Wildman–Crippen MR) is 139 cm³/mol. The van der Waals surface area contributed by atoms with Crippen LogP contribution in [0.15, 0.2) is 91.0 Å². The SMILES string of the molecule is CCOC(=O)C=C(C)c1cccc(C(O[SiH3])C(C)(C)C(c2ccccc2)c2ccccc2)c1. The monoisotopic (exact) mass is 458 g/mol. The van der Waals surface area contributed by atoms with E-state index >= 15 is 0 Å². The van der Waals surface area contributed by atoms with Crippen molar-refractivity contribution in [2.24, 2.45) is 5.41 Å². The molecule has 3 aromatic carbocycles. The summed E-state index contributed by atoms with van der Waals surface area (Å²) in [6.07, 6.45) is 1.45. The summed E-state index contributed by atoms with van der Waals surface area (Å²) in [6.45, 7) is 8.69. The molecule has 0 bridgehead atoms. The van der Waals surface area contributed by atoms with E-state index in [1.165, 1.54) is 11.1 Å². The smallest absolute Gasteiger partial charge is 0.331 e.